The average Bonchev–Trinajstić information content (AvgIpc) is 2.61. The Bertz CT molecular complexity index is 881. The summed E-state index contributed by atoms with van der Waals surface area (Å²) in [6.07, 6.45) is 2.09. The van der Waals surface area contributed by atoms with Crippen molar-refractivity contribution < 1.29 is 9.53 Å². The van der Waals surface area contributed by atoms with Crippen molar-refractivity contribution in [2.24, 2.45) is 0 Å². The Hall–Kier alpha value is -3.09. The lowest BCUT2D eigenvalue weighted by atomic mass is 10.1. The summed E-state index contributed by atoms with van der Waals surface area (Å²) < 4.78 is 5.13. The zero-order chi connectivity index (χ0) is 19.1. The van der Waals surface area contributed by atoms with Gasteiger partial charge in [0, 0.05) is 30.8 Å². The third kappa shape index (κ3) is 4.95. The van der Waals surface area contributed by atoms with Crippen LogP contribution in [0.1, 0.15) is 23.2 Å². The van der Waals surface area contributed by atoms with Crippen molar-refractivity contribution in [1.29, 1.82) is 0 Å². The highest BCUT2D eigenvalue weighted by Crippen LogP contribution is 2.14. The largest absolute Gasteiger partial charge is 0.497 e. The van der Waals surface area contributed by atoms with Crippen LogP contribution in [-0.4, -0.2) is 34.4 Å². The van der Waals surface area contributed by atoms with Crippen LogP contribution in [-0.2, 0) is 17.8 Å². The summed E-state index contributed by atoms with van der Waals surface area (Å²) in [5.41, 5.74) is 0.872. The molecule has 0 atom stereocenters. The number of nitrogens with one attached hydrogen (secondary N) is 2. The van der Waals surface area contributed by atoms with Crippen LogP contribution in [0, 0.1) is 6.92 Å². The minimum atomic E-state index is -0.546. The molecule has 138 valence electrons. The number of rotatable bonds is 8. The summed E-state index contributed by atoms with van der Waals surface area (Å²) in [7, 11) is 1.60. The van der Waals surface area contributed by atoms with Crippen LogP contribution in [0.3, 0.4) is 0 Å². The van der Waals surface area contributed by atoms with Gasteiger partial charge in [0.05, 0.1) is 7.11 Å². The van der Waals surface area contributed by atoms with Gasteiger partial charge in [-0.05, 0) is 31.0 Å². The molecular formula is C19H23N3O4. The zero-order valence-corrected chi connectivity index (χ0v) is 15.0. The average molecular weight is 357 g/mol. The Labute approximate surface area is 151 Å². The topological polar surface area (TPSA) is 95.3 Å². The molecule has 0 bridgehead atoms. The number of ether oxygens (including phenoxy) is 1. The van der Waals surface area contributed by atoms with E-state index < -0.39 is 11.2 Å². The number of carbonyl (C=O) groups is 1. The lowest BCUT2D eigenvalue weighted by Gasteiger charge is -2.21. The van der Waals surface area contributed by atoms with E-state index in [1.54, 1.807) is 25.0 Å². The summed E-state index contributed by atoms with van der Waals surface area (Å²) in [4.78, 5) is 42.1. The fourth-order valence-corrected chi connectivity index (χ4v) is 2.68. The Morgan fingerprint density at radius 1 is 1.23 bits per heavy atom. The minimum absolute atomic E-state index is 0.0919. The van der Waals surface area contributed by atoms with Gasteiger partial charge in [-0.15, -0.1) is 6.58 Å². The molecule has 1 amide bonds. The van der Waals surface area contributed by atoms with Crippen molar-refractivity contribution in [3.8, 4) is 5.75 Å². The molecule has 0 fully saturated rings. The number of aromatic nitrogens is 2. The molecule has 1 heterocycles. The van der Waals surface area contributed by atoms with Crippen LogP contribution < -0.4 is 16.0 Å². The first-order valence-corrected chi connectivity index (χ1v) is 8.28. The first-order valence-electron chi connectivity index (χ1n) is 8.28. The van der Waals surface area contributed by atoms with Gasteiger partial charge in [0.1, 0.15) is 5.75 Å². The first-order chi connectivity index (χ1) is 12.4. The molecule has 1 aromatic heterocycles. The molecule has 0 aliphatic carbocycles. The summed E-state index contributed by atoms with van der Waals surface area (Å²) in [5, 5.41) is 0. The smallest absolute Gasteiger partial charge is 0.325 e. The Morgan fingerprint density at radius 2 is 1.92 bits per heavy atom. The van der Waals surface area contributed by atoms with E-state index >= 15 is 0 Å². The van der Waals surface area contributed by atoms with E-state index in [1.165, 1.54) is 0 Å². The number of methoxy groups -OCH3 is 1. The van der Waals surface area contributed by atoms with Crippen LogP contribution >= 0.6 is 0 Å². The molecule has 0 saturated heterocycles. The molecular weight excluding hydrogens is 334 g/mol. The number of benzene rings is 1. The fraction of sp³-hybridized carbons (Fsp3) is 0.316. The van der Waals surface area contributed by atoms with E-state index in [2.05, 4.69) is 16.5 Å². The molecule has 2 rings (SSSR count). The fourth-order valence-electron chi connectivity index (χ4n) is 2.68. The third-order valence-electron chi connectivity index (χ3n) is 4.08. The molecule has 0 spiro atoms. The molecule has 0 aliphatic rings. The Morgan fingerprint density at radius 3 is 2.50 bits per heavy atom. The molecule has 7 nitrogen and oxygen atoms in total. The SMILES string of the molecule is C=CCN(Cc1ccc(OC)cc1)C(=O)CCc1c(C)[nH]c(=O)[nH]c1=O. The van der Waals surface area contributed by atoms with Crippen molar-refractivity contribution in [3.05, 3.63) is 74.6 Å². The molecule has 7 heteroatoms. The highest BCUT2D eigenvalue weighted by atomic mass is 16.5. The maximum Gasteiger partial charge on any atom is 0.325 e. The number of aromatic amines is 2. The van der Waals surface area contributed by atoms with E-state index in [1.807, 2.05) is 24.3 Å². The van der Waals surface area contributed by atoms with Crippen LogP contribution in [0.4, 0.5) is 0 Å². The molecule has 2 N–H and O–H groups in total. The van der Waals surface area contributed by atoms with Crippen molar-refractivity contribution >= 4 is 5.91 Å². The second-order valence-corrected chi connectivity index (χ2v) is 5.92. The number of amides is 1. The third-order valence-corrected chi connectivity index (χ3v) is 4.08. The predicted molar refractivity (Wildman–Crippen MR) is 99.3 cm³/mol. The van der Waals surface area contributed by atoms with Gasteiger partial charge in [0.15, 0.2) is 0 Å². The van der Waals surface area contributed by atoms with Gasteiger partial charge in [-0.3, -0.25) is 14.6 Å². The number of hydrogen-bond donors (Lipinski definition) is 2. The van der Waals surface area contributed by atoms with Gasteiger partial charge < -0.3 is 14.6 Å². The van der Waals surface area contributed by atoms with Crippen molar-refractivity contribution in [3.63, 3.8) is 0 Å². The second kappa shape index (κ2) is 8.84. The van der Waals surface area contributed by atoms with Gasteiger partial charge in [-0.1, -0.05) is 18.2 Å². The zero-order valence-electron chi connectivity index (χ0n) is 15.0. The maximum absolute atomic E-state index is 12.6. The second-order valence-electron chi connectivity index (χ2n) is 5.92. The number of nitrogens with zero attached hydrogens (tertiary/aromatic N) is 1. The summed E-state index contributed by atoms with van der Waals surface area (Å²) in [6, 6.07) is 7.49. The highest BCUT2D eigenvalue weighted by molar-refractivity contribution is 5.76. The molecule has 0 unspecified atom stereocenters. The van der Waals surface area contributed by atoms with E-state index in [4.69, 9.17) is 4.74 Å². The van der Waals surface area contributed by atoms with Gasteiger partial charge in [0.25, 0.3) is 5.56 Å². The minimum Gasteiger partial charge on any atom is -0.497 e. The molecule has 2 aromatic rings. The van der Waals surface area contributed by atoms with E-state index in [0.29, 0.717) is 24.3 Å². The van der Waals surface area contributed by atoms with E-state index in [-0.39, 0.29) is 18.7 Å². The van der Waals surface area contributed by atoms with Crippen molar-refractivity contribution in [1.82, 2.24) is 14.9 Å². The van der Waals surface area contributed by atoms with Crippen molar-refractivity contribution in [2.75, 3.05) is 13.7 Å². The number of H-pyrrole nitrogens is 2. The van der Waals surface area contributed by atoms with Crippen LogP contribution in [0.5, 0.6) is 5.75 Å². The Kier molecular flexibility index (Phi) is 6.54. The quantitative estimate of drug-likeness (QED) is 0.701. The van der Waals surface area contributed by atoms with E-state index in [9.17, 15) is 14.4 Å². The lowest BCUT2D eigenvalue weighted by Crippen LogP contribution is -2.32. The first kappa shape index (κ1) is 19.2. The lowest BCUT2D eigenvalue weighted by molar-refractivity contribution is -0.131. The molecule has 0 aliphatic heterocycles. The molecule has 26 heavy (non-hydrogen) atoms. The highest BCUT2D eigenvalue weighted by Gasteiger charge is 2.15. The van der Waals surface area contributed by atoms with Crippen LogP contribution in [0.2, 0.25) is 0 Å². The van der Waals surface area contributed by atoms with Crippen molar-refractivity contribution in [2.45, 2.75) is 26.3 Å². The van der Waals surface area contributed by atoms with Crippen LogP contribution in [0.25, 0.3) is 0 Å². The number of carbonyl (C=O) groups excluding carboxylic acids is 1. The summed E-state index contributed by atoms with van der Waals surface area (Å²) >= 11 is 0. The van der Waals surface area contributed by atoms with Gasteiger partial charge >= 0.3 is 5.69 Å². The van der Waals surface area contributed by atoms with Crippen LogP contribution in [0.15, 0.2) is 46.5 Å². The summed E-state index contributed by atoms with van der Waals surface area (Å²) in [5.74, 6) is 0.661. The summed E-state index contributed by atoms with van der Waals surface area (Å²) in [6.45, 7) is 6.20. The Balaban J connectivity index is 2.07. The maximum atomic E-state index is 12.6. The van der Waals surface area contributed by atoms with Gasteiger partial charge in [-0.2, -0.15) is 0 Å². The molecule has 0 radical (unpaired) electrons. The predicted octanol–water partition coefficient (Wildman–Crippen LogP) is 1.53. The standard InChI is InChI=1S/C19H23N3O4/c1-4-11-22(12-14-5-7-15(26-3)8-6-14)17(23)10-9-16-13(2)20-19(25)21-18(16)24/h4-8H,1,9-12H2,2-3H3,(H2,20,21,24,25). The molecule has 1 aromatic carbocycles. The van der Waals surface area contributed by atoms with Gasteiger partial charge in [0.2, 0.25) is 5.91 Å². The number of hydrogen-bond acceptors (Lipinski definition) is 4. The monoisotopic (exact) mass is 357 g/mol. The number of aryl methyl sites for hydroxylation is 1. The normalized spacial score (nSPS) is 10.4. The molecule has 0 saturated carbocycles. The van der Waals surface area contributed by atoms with E-state index in [0.717, 1.165) is 11.3 Å². The van der Waals surface area contributed by atoms with Gasteiger partial charge in [-0.25, -0.2) is 4.79 Å².